The number of carbonyl (C=O) groups excluding carboxylic acids is 1. The van der Waals surface area contributed by atoms with Crippen molar-refractivity contribution in [3.8, 4) is 0 Å². The average molecular weight is 319 g/mol. The third-order valence-electron chi connectivity index (χ3n) is 3.99. The molecule has 1 heterocycles. The molecule has 0 saturated carbocycles. The molecule has 1 saturated heterocycles. The van der Waals surface area contributed by atoms with Crippen LogP contribution in [0.2, 0.25) is 0 Å². The van der Waals surface area contributed by atoms with Gasteiger partial charge in [-0.15, -0.1) is 0 Å². The topological polar surface area (TPSA) is 66.8 Å². The highest BCUT2D eigenvalue weighted by molar-refractivity contribution is 5.89. The molecule has 1 aliphatic rings. The smallest absolute Gasteiger partial charge is 0.338 e. The normalized spacial score (nSPS) is 18.8. The third kappa shape index (κ3) is 5.06. The summed E-state index contributed by atoms with van der Waals surface area (Å²) in [5, 5.41) is 9.34. The first-order chi connectivity index (χ1) is 11.0. The summed E-state index contributed by atoms with van der Waals surface area (Å²) in [5.41, 5.74) is 1.46. The van der Waals surface area contributed by atoms with E-state index in [4.69, 9.17) is 4.74 Å². The molecule has 1 aromatic carbocycles. The quantitative estimate of drug-likeness (QED) is 0.817. The standard InChI is InChI=1S/C18H25NO4/c1-13(2)12-23-18(22)15-7-5-6-14(10-15)11-19-9-4-3-8-16(19)17(20)21/h5-7,10,13,16H,3-4,8-9,11-12H2,1-2H3,(H,20,21). The SMILES string of the molecule is CC(C)COC(=O)c1cccc(CN2CCCCC2C(=O)O)c1. The van der Waals surface area contributed by atoms with Crippen molar-refractivity contribution < 1.29 is 19.4 Å². The van der Waals surface area contributed by atoms with Crippen molar-refractivity contribution in [1.29, 1.82) is 0 Å². The fourth-order valence-corrected chi connectivity index (χ4v) is 2.82. The molecule has 1 aromatic rings. The van der Waals surface area contributed by atoms with Gasteiger partial charge in [0.1, 0.15) is 6.04 Å². The molecule has 0 amide bonds. The Kier molecular flexibility index (Phi) is 6.16. The van der Waals surface area contributed by atoms with Gasteiger partial charge in [0.2, 0.25) is 0 Å². The lowest BCUT2D eigenvalue weighted by atomic mass is 10.0. The molecule has 1 N–H and O–H groups in total. The van der Waals surface area contributed by atoms with Crippen LogP contribution in [0.1, 0.15) is 49.0 Å². The molecular formula is C18H25NO4. The zero-order valence-corrected chi connectivity index (χ0v) is 13.8. The van der Waals surface area contributed by atoms with Crippen LogP contribution < -0.4 is 0 Å². The van der Waals surface area contributed by atoms with Crippen molar-refractivity contribution in [2.75, 3.05) is 13.2 Å². The maximum absolute atomic E-state index is 12.0. The summed E-state index contributed by atoms with van der Waals surface area (Å²) < 4.78 is 5.25. The molecule has 1 unspecified atom stereocenters. The summed E-state index contributed by atoms with van der Waals surface area (Å²) in [6, 6.07) is 6.85. The van der Waals surface area contributed by atoms with Crippen LogP contribution in [-0.2, 0) is 16.1 Å². The van der Waals surface area contributed by atoms with Gasteiger partial charge in [-0.2, -0.15) is 0 Å². The number of likely N-dealkylation sites (tertiary alicyclic amines) is 1. The summed E-state index contributed by atoms with van der Waals surface area (Å²) >= 11 is 0. The predicted molar refractivity (Wildman–Crippen MR) is 87.2 cm³/mol. The molecule has 0 aromatic heterocycles. The predicted octanol–water partition coefficient (Wildman–Crippen LogP) is 2.94. The number of rotatable bonds is 6. The average Bonchev–Trinajstić information content (AvgIpc) is 2.53. The fraction of sp³-hybridized carbons (Fsp3) is 0.556. The molecule has 5 heteroatoms. The largest absolute Gasteiger partial charge is 0.480 e. The van der Waals surface area contributed by atoms with Crippen LogP contribution in [0, 0.1) is 5.92 Å². The summed E-state index contributed by atoms with van der Waals surface area (Å²) in [5.74, 6) is -0.794. The van der Waals surface area contributed by atoms with Gasteiger partial charge in [-0.25, -0.2) is 4.79 Å². The molecular weight excluding hydrogens is 294 g/mol. The van der Waals surface area contributed by atoms with Crippen molar-refractivity contribution in [1.82, 2.24) is 4.90 Å². The number of aliphatic carboxylic acids is 1. The summed E-state index contributed by atoms with van der Waals surface area (Å²) in [6.07, 6.45) is 2.65. The lowest BCUT2D eigenvalue weighted by Crippen LogP contribution is -2.44. The molecule has 0 bridgehead atoms. The van der Waals surface area contributed by atoms with E-state index in [2.05, 4.69) is 0 Å². The van der Waals surface area contributed by atoms with E-state index in [1.54, 1.807) is 12.1 Å². The highest BCUT2D eigenvalue weighted by Gasteiger charge is 2.28. The van der Waals surface area contributed by atoms with Gasteiger partial charge in [0.15, 0.2) is 0 Å². The monoisotopic (exact) mass is 319 g/mol. The Morgan fingerprint density at radius 1 is 1.35 bits per heavy atom. The van der Waals surface area contributed by atoms with E-state index in [1.807, 2.05) is 30.9 Å². The number of esters is 1. The highest BCUT2D eigenvalue weighted by Crippen LogP contribution is 2.20. The van der Waals surface area contributed by atoms with Gasteiger partial charge < -0.3 is 9.84 Å². The second-order valence-corrected chi connectivity index (χ2v) is 6.51. The summed E-state index contributed by atoms with van der Waals surface area (Å²) in [7, 11) is 0. The Balaban J connectivity index is 2.04. The van der Waals surface area contributed by atoms with Crippen LogP contribution in [0.4, 0.5) is 0 Å². The van der Waals surface area contributed by atoms with Crippen LogP contribution in [-0.4, -0.2) is 41.1 Å². The minimum Gasteiger partial charge on any atom is -0.480 e. The first-order valence-corrected chi connectivity index (χ1v) is 8.20. The van der Waals surface area contributed by atoms with Gasteiger partial charge in [-0.1, -0.05) is 32.4 Å². The van der Waals surface area contributed by atoms with Gasteiger partial charge in [0, 0.05) is 6.54 Å². The second-order valence-electron chi connectivity index (χ2n) is 6.51. The molecule has 1 fully saturated rings. The van der Waals surface area contributed by atoms with E-state index in [1.165, 1.54) is 0 Å². The van der Waals surface area contributed by atoms with Gasteiger partial charge in [-0.3, -0.25) is 9.69 Å². The van der Waals surface area contributed by atoms with Crippen molar-refractivity contribution >= 4 is 11.9 Å². The second kappa shape index (κ2) is 8.11. The lowest BCUT2D eigenvalue weighted by molar-refractivity contribution is -0.144. The number of piperidine rings is 1. The Hall–Kier alpha value is -1.88. The molecule has 5 nitrogen and oxygen atoms in total. The van der Waals surface area contributed by atoms with E-state index < -0.39 is 12.0 Å². The number of carboxylic acids is 1. The Labute approximate surface area is 137 Å². The highest BCUT2D eigenvalue weighted by atomic mass is 16.5. The van der Waals surface area contributed by atoms with Gasteiger partial charge in [0.25, 0.3) is 0 Å². The molecule has 0 radical (unpaired) electrons. The number of hydrogen-bond donors (Lipinski definition) is 1. The summed E-state index contributed by atoms with van der Waals surface area (Å²) in [6.45, 7) is 5.70. The summed E-state index contributed by atoms with van der Waals surface area (Å²) in [4.78, 5) is 25.4. The Morgan fingerprint density at radius 3 is 2.83 bits per heavy atom. The fourth-order valence-electron chi connectivity index (χ4n) is 2.82. The zero-order chi connectivity index (χ0) is 16.8. The van der Waals surface area contributed by atoms with Gasteiger partial charge in [0.05, 0.1) is 12.2 Å². The van der Waals surface area contributed by atoms with Gasteiger partial charge in [-0.05, 0) is 43.0 Å². The molecule has 23 heavy (non-hydrogen) atoms. The van der Waals surface area contributed by atoms with Crippen molar-refractivity contribution in [3.05, 3.63) is 35.4 Å². The molecule has 0 aliphatic carbocycles. The van der Waals surface area contributed by atoms with Crippen LogP contribution >= 0.6 is 0 Å². The first kappa shape index (κ1) is 17.5. The Morgan fingerprint density at radius 2 is 2.13 bits per heavy atom. The van der Waals surface area contributed by atoms with E-state index >= 15 is 0 Å². The zero-order valence-electron chi connectivity index (χ0n) is 13.8. The number of hydrogen-bond acceptors (Lipinski definition) is 4. The van der Waals surface area contributed by atoms with E-state index in [0.29, 0.717) is 31.1 Å². The molecule has 2 rings (SSSR count). The molecule has 1 atom stereocenters. The van der Waals surface area contributed by atoms with Gasteiger partial charge >= 0.3 is 11.9 Å². The van der Waals surface area contributed by atoms with Crippen LogP contribution in [0.5, 0.6) is 0 Å². The number of carboxylic acid groups (broad SMARTS) is 1. The number of benzene rings is 1. The number of carbonyl (C=O) groups is 2. The maximum Gasteiger partial charge on any atom is 0.338 e. The third-order valence-corrected chi connectivity index (χ3v) is 3.99. The van der Waals surface area contributed by atoms with Crippen LogP contribution in [0.25, 0.3) is 0 Å². The van der Waals surface area contributed by atoms with Crippen molar-refractivity contribution in [2.24, 2.45) is 5.92 Å². The molecule has 126 valence electrons. The maximum atomic E-state index is 12.0. The molecule has 0 spiro atoms. The van der Waals surface area contributed by atoms with E-state index in [0.717, 1.165) is 24.9 Å². The lowest BCUT2D eigenvalue weighted by Gasteiger charge is -2.32. The van der Waals surface area contributed by atoms with Crippen molar-refractivity contribution in [2.45, 2.75) is 45.7 Å². The van der Waals surface area contributed by atoms with E-state index in [9.17, 15) is 14.7 Å². The van der Waals surface area contributed by atoms with E-state index in [-0.39, 0.29) is 5.97 Å². The molecule has 1 aliphatic heterocycles. The Bertz CT molecular complexity index is 556. The number of ether oxygens (including phenoxy) is 1. The van der Waals surface area contributed by atoms with Crippen molar-refractivity contribution in [3.63, 3.8) is 0 Å². The number of nitrogens with zero attached hydrogens (tertiary/aromatic N) is 1. The minimum absolute atomic E-state index is 0.298. The minimum atomic E-state index is -0.766. The van der Waals surface area contributed by atoms with Crippen LogP contribution in [0.15, 0.2) is 24.3 Å². The van der Waals surface area contributed by atoms with Crippen LogP contribution in [0.3, 0.4) is 0 Å². The first-order valence-electron chi connectivity index (χ1n) is 8.20.